The minimum absolute atomic E-state index is 0.0740. The van der Waals surface area contributed by atoms with Gasteiger partial charge in [0.25, 0.3) is 0 Å². The molecule has 2 unspecified atom stereocenters. The van der Waals surface area contributed by atoms with E-state index in [9.17, 15) is 10.1 Å². The molecule has 1 aromatic rings. The molecule has 19 heavy (non-hydrogen) atoms. The highest BCUT2D eigenvalue weighted by atomic mass is 35.5. The molecule has 1 saturated heterocycles. The summed E-state index contributed by atoms with van der Waals surface area (Å²) < 4.78 is 0. The Bertz CT molecular complexity index is 511. The first-order chi connectivity index (χ1) is 9.18. The summed E-state index contributed by atoms with van der Waals surface area (Å²) in [4.78, 5) is 20.7. The fourth-order valence-corrected chi connectivity index (χ4v) is 3.63. The van der Waals surface area contributed by atoms with Crippen molar-refractivity contribution in [3.8, 4) is 0 Å². The second-order valence-electron chi connectivity index (χ2n) is 5.19. The van der Waals surface area contributed by atoms with Crippen molar-refractivity contribution in [2.45, 2.75) is 38.1 Å². The molecule has 1 aromatic heterocycles. The highest BCUT2D eigenvalue weighted by Gasteiger charge is 2.39. The molecule has 0 N–H and O–H groups in total. The van der Waals surface area contributed by atoms with Crippen LogP contribution >= 0.6 is 11.6 Å². The molecule has 2 fully saturated rings. The maximum Gasteiger partial charge on any atom is 0.348 e. The van der Waals surface area contributed by atoms with E-state index in [2.05, 4.69) is 14.9 Å². The van der Waals surface area contributed by atoms with Crippen LogP contribution in [0.25, 0.3) is 0 Å². The van der Waals surface area contributed by atoms with E-state index in [0.717, 1.165) is 19.4 Å². The van der Waals surface area contributed by atoms with Crippen LogP contribution < -0.4 is 4.90 Å². The number of nitrogens with zero attached hydrogens (tertiary/aromatic N) is 4. The molecule has 0 radical (unpaired) electrons. The Morgan fingerprint density at radius 2 is 2.11 bits per heavy atom. The molecule has 1 saturated carbocycles. The van der Waals surface area contributed by atoms with Crippen LogP contribution in [-0.2, 0) is 0 Å². The van der Waals surface area contributed by atoms with Crippen LogP contribution in [0.5, 0.6) is 0 Å². The Kier molecular flexibility index (Phi) is 3.26. The van der Waals surface area contributed by atoms with E-state index in [0.29, 0.717) is 17.8 Å². The first-order valence-electron chi connectivity index (χ1n) is 6.60. The normalized spacial score (nSPS) is 26.3. The largest absolute Gasteiger partial charge is 0.348 e. The summed E-state index contributed by atoms with van der Waals surface area (Å²) >= 11 is 5.87. The third kappa shape index (κ3) is 2.14. The molecule has 1 aliphatic heterocycles. The van der Waals surface area contributed by atoms with Crippen molar-refractivity contribution in [1.29, 1.82) is 0 Å². The Morgan fingerprint density at radius 3 is 2.89 bits per heavy atom. The highest BCUT2D eigenvalue weighted by molar-refractivity contribution is 6.31. The van der Waals surface area contributed by atoms with Crippen LogP contribution in [0.15, 0.2) is 6.33 Å². The number of fused-ring (bicyclic) bond motifs is 1. The van der Waals surface area contributed by atoms with Gasteiger partial charge in [0.05, 0.1) is 4.92 Å². The molecule has 3 rings (SSSR count). The molecule has 0 aromatic carbocycles. The number of aromatic nitrogens is 2. The van der Waals surface area contributed by atoms with E-state index in [1.807, 2.05) is 0 Å². The molecule has 2 aliphatic rings. The van der Waals surface area contributed by atoms with Gasteiger partial charge in [-0.25, -0.2) is 9.97 Å². The SMILES string of the molecule is O=[N+]([O-])c1c(Cl)ncnc1N1CCCC2CCCC21. The van der Waals surface area contributed by atoms with E-state index in [1.54, 1.807) is 0 Å². The molecule has 7 heteroatoms. The Morgan fingerprint density at radius 1 is 1.32 bits per heavy atom. The van der Waals surface area contributed by atoms with Crippen molar-refractivity contribution in [1.82, 2.24) is 9.97 Å². The summed E-state index contributed by atoms with van der Waals surface area (Å²) in [5.41, 5.74) is -0.156. The second-order valence-corrected chi connectivity index (χ2v) is 5.55. The lowest BCUT2D eigenvalue weighted by Gasteiger charge is -2.38. The van der Waals surface area contributed by atoms with Gasteiger partial charge in [-0.15, -0.1) is 0 Å². The average Bonchev–Trinajstić information content (AvgIpc) is 2.85. The summed E-state index contributed by atoms with van der Waals surface area (Å²) in [6.07, 6.45) is 7.08. The van der Waals surface area contributed by atoms with Gasteiger partial charge in [0.15, 0.2) is 0 Å². The van der Waals surface area contributed by atoms with Crippen molar-refractivity contribution in [2.24, 2.45) is 5.92 Å². The van der Waals surface area contributed by atoms with Gasteiger partial charge in [0.1, 0.15) is 6.33 Å². The zero-order chi connectivity index (χ0) is 13.4. The summed E-state index contributed by atoms with van der Waals surface area (Å²) in [6.45, 7) is 0.815. The number of anilines is 1. The average molecular weight is 283 g/mol. The topological polar surface area (TPSA) is 72.2 Å². The number of nitro groups is 1. The van der Waals surface area contributed by atoms with Crippen LogP contribution in [0.1, 0.15) is 32.1 Å². The Hall–Kier alpha value is -1.43. The van der Waals surface area contributed by atoms with Crippen LogP contribution in [0, 0.1) is 16.0 Å². The smallest absolute Gasteiger partial charge is 0.347 e. The third-order valence-electron chi connectivity index (χ3n) is 4.21. The van der Waals surface area contributed by atoms with E-state index >= 15 is 0 Å². The van der Waals surface area contributed by atoms with Gasteiger partial charge in [0, 0.05) is 12.6 Å². The number of piperidine rings is 1. The van der Waals surface area contributed by atoms with Crippen molar-refractivity contribution < 1.29 is 4.92 Å². The molecular weight excluding hydrogens is 268 g/mol. The maximum absolute atomic E-state index is 11.2. The lowest BCUT2D eigenvalue weighted by atomic mass is 9.92. The predicted octanol–water partition coefficient (Wildman–Crippen LogP) is 2.81. The fourth-order valence-electron chi connectivity index (χ4n) is 3.43. The molecule has 0 amide bonds. The molecule has 6 nitrogen and oxygen atoms in total. The third-order valence-corrected chi connectivity index (χ3v) is 4.48. The first kappa shape index (κ1) is 12.6. The van der Waals surface area contributed by atoms with Gasteiger partial charge >= 0.3 is 5.69 Å². The zero-order valence-electron chi connectivity index (χ0n) is 10.5. The monoisotopic (exact) mass is 282 g/mol. The molecule has 1 aliphatic carbocycles. The van der Waals surface area contributed by atoms with Crippen LogP contribution in [0.2, 0.25) is 5.15 Å². The minimum atomic E-state index is -0.476. The van der Waals surface area contributed by atoms with Crippen molar-refractivity contribution in [2.75, 3.05) is 11.4 Å². The van der Waals surface area contributed by atoms with Crippen LogP contribution in [-0.4, -0.2) is 27.5 Å². The summed E-state index contributed by atoms with van der Waals surface area (Å²) in [7, 11) is 0. The highest BCUT2D eigenvalue weighted by Crippen LogP contribution is 2.42. The second kappa shape index (κ2) is 4.92. The Balaban J connectivity index is 2.01. The zero-order valence-corrected chi connectivity index (χ0v) is 11.2. The number of halogens is 1. The Labute approximate surface area is 115 Å². The predicted molar refractivity (Wildman–Crippen MR) is 71.4 cm³/mol. The van der Waals surface area contributed by atoms with E-state index in [4.69, 9.17) is 11.6 Å². The molecular formula is C12H15ClN4O2. The lowest BCUT2D eigenvalue weighted by molar-refractivity contribution is -0.384. The van der Waals surface area contributed by atoms with E-state index < -0.39 is 4.92 Å². The summed E-state index contributed by atoms with van der Waals surface area (Å²) in [5, 5.41) is 11.1. The van der Waals surface area contributed by atoms with Crippen molar-refractivity contribution in [3.05, 3.63) is 21.6 Å². The number of rotatable bonds is 2. The summed E-state index contributed by atoms with van der Waals surface area (Å²) in [6, 6.07) is 0.374. The van der Waals surface area contributed by atoms with Gasteiger partial charge in [-0.2, -0.15) is 0 Å². The van der Waals surface area contributed by atoms with E-state index in [-0.39, 0.29) is 10.8 Å². The standard InChI is InChI=1S/C12H15ClN4O2/c13-11-10(17(18)19)12(15-7-14-11)16-6-2-4-8-3-1-5-9(8)16/h7-9H,1-6H2. The first-order valence-corrected chi connectivity index (χ1v) is 6.98. The molecule has 2 atom stereocenters. The van der Waals surface area contributed by atoms with Gasteiger partial charge in [-0.05, 0) is 31.6 Å². The van der Waals surface area contributed by atoms with Gasteiger partial charge in [0.2, 0.25) is 11.0 Å². The maximum atomic E-state index is 11.2. The quantitative estimate of drug-likeness (QED) is 0.474. The molecule has 2 heterocycles. The fraction of sp³-hybridized carbons (Fsp3) is 0.667. The number of hydrogen-bond acceptors (Lipinski definition) is 5. The molecule has 0 spiro atoms. The van der Waals surface area contributed by atoms with Crippen LogP contribution in [0.3, 0.4) is 0 Å². The summed E-state index contributed by atoms with van der Waals surface area (Å²) in [5.74, 6) is 1.03. The molecule has 0 bridgehead atoms. The lowest BCUT2D eigenvalue weighted by Crippen LogP contribution is -2.43. The number of hydrogen-bond donors (Lipinski definition) is 0. The van der Waals surface area contributed by atoms with Gasteiger partial charge in [-0.1, -0.05) is 18.0 Å². The van der Waals surface area contributed by atoms with Gasteiger partial charge in [-0.3, -0.25) is 10.1 Å². The minimum Gasteiger partial charge on any atom is -0.347 e. The van der Waals surface area contributed by atoms with E-state index in [1.165, 1.54) is 25.6 Å². The van der Waals surface area contributed by atoms with Gasteiger partial charge < -0.3 is 4.90 Å². The van der Waals surface area contributed by atoms with Crippen molar-refractivity contribution >= 4 is 23.1 Å². The molecule has 102 valence electrons. The van der Waals surface area contributed by atoms with Crippen LogP contribution in [0.4, 0.5) is 11.5 Å². The van der Waals surface area contributed by atoms with Crippen molar-refractivity contribution in [3.63, 3.8) is 0 Å².